The van der Waals surface area contributed by atoms with E-state index in [1.165, 1.54) is 12.1 Å². The van der Waals surface area contributed by atoms with E-state index in [4.69, 9.17) is 0 Å². The number of allylic oxidation sites excluding steroid dienone is 4. The molecule has 5 heteroatoms. The average Bonchev–Trinajstić information content (AvgIpc) is 3.23. The fourth-order valence-electron chi connectivity index (χ4n) is 6.61. The molecule has 0 N–H and O–H groups in total. The molecule has 2 unspecified atom stereocenters. The van der Waals surface area contributed by atoms with Crippen molar-refractivity contribution in [2.75, 3.05) is 0 Å². The summed E-state index contributed by atoms with van der Waals surface area (Å²) in [5, 5.41) is 0. The Hall–Kier alpha value is -0.183. The van der Waals surface area contributed by atoms with Crippen molar-refractivity contribution < 1.29 is 48.0 Å². The molecule has 1 fully saturated rings. The summed E-state index contributed by atoms with van der Waals surface area (Å²) in [6, 6.07) is 21.6. The Bertz CT molecular complexity index is 1170. The largest absolute Gasteiger partial charge is 1.00 e. The van der Waals surface area contributed by atoms with Crippen molar-refractivity contribution in [2.45, 2.75) is 72.0 Å². The summed E-state index contributed by atoms with van der Waals surface area (Å²) < 4.78 is 1.03. The maximum absolute atomic E-state index is 2.84. The molecule has 0 aromatic heterocycles. The summed E-state index contributed by atoms with van der Waals surface area (Å²) in [6.45, 7) is 20.5. The van der Waals surface area contributed by atoms with Gasteiger partial charge in [0.15, 0.2) is 0 Å². The fourth-order valence-corrected chi connectivity index (χ4v) is 16.0. The van der Waals surface area contributed by atoms with Gasteiger partial charge in [0, 0.05) is 0 Å². The van der Waals surface area contributed by atoms with Crippen LogP contribution in [0.2, 0.25) is 51.4 Å². The third-order valence-corrected chi connectivity index (χ3v) is 16.5. The van der Waals surface area contributed by atoms with Crippen LogP contribution in [0.4, 0.5) is 0 Å². The van der Waals surface area contributed by atoms with Crippen LogP contribution >= 0.6 is 0 Å². The Morgan fingerprint density at radius 1 is 0.765 bits per heavy atom. The predicted octanol–water partition coefficient (Wildman–Crippen LogP) is 2.59. The van der Waals surface area contributed by atoms with Gasteiger partial charge >= 0.3 is 210 Å². The molecule has 0 amide bonds. The Balaban J connectivity index is 0.00000162. The van der Waals surface area contributed by atoms with Gasteiger partial charge in [0.25, 0.3) is 0 Å². The van der Waals surface area contributed by atoms with Crippen molar-refractivity contribution in [3.05, 3.63) is 82.4 Å². The van der Waals surface area contributed by atoms with E-state index in [-0.39, 0.29) is 30.2 Å². The molecule has 1 heterocycles. The molecule has 2 aromatic rings. The second-order valence-corrected chi connectivity index (χ2v) is 28.2. The molecule has 0 radical (unpaired) electrons. The molecule has 0 nitrogen and oxygen atoms in total. The van der Waals surface area contributed by atoms with Gasteiger partial charge in [-0.1, -0.05) is 0 Å². The van der Waals surface area contributed by atoms with Crippen LogP contribution in [0.3, 0.4) is 0 Å². The number of hydrogen-bond donors (Lipinski definition) is 0. The van der Waals surface area contributed by atoms with Gasteiger partial charge in [-0.05, 0) is 0 Å². The van der Waals surface area contributed by atoms with Crippen LogP contribution < -0.4 is 24.8 Å². The molecular weight excluding hydrogens is 567 g/mol. The molecule has 3 aliphatic rings. The Labute approximate surface area is 233 Å². The van der Waals surface area contributed by atoms with Gasteiger partial charge in [-0.3, -0.25) is 0 Å². The van der Waals surface area contributed by atoms with Crippen LogP contribution in [0.15, 0.2) is 60.2 Å². The monoisotopic (exact) mass is 602 g/mol. The van der Waals surface area contributed by atoms with E-state index in [9.17, 15) is 0 Å². The molecule has 2 atom stereocenters. The predicted molar refractivity (Wildman–Crippen MR) is 142 cm³/mol. The van der Waals surface area contributed by atoms with Crippen molar-refractivity contribution in [2.24, 2.45) is 5.41 Å². The van der Waals surface area contributed by atoms with Gasteiger partial charge in [-0.2, -0.15) is 0 Å². The molecule has 34 heavy (non-hydrogen) atoms. The van der Waals surface area contributed by atoms with Crippen LogP contribution in [0.1, 0.15) is 39.7 Å². The SMILES string of the molecule is CC1(C)C2=C(C[Si](C)(C)C)c3ccccc3[CH]2[Zr+2][C]12C=C(C[Si](C)(C)C)c1ccccc12.[Cl-].[Cl-]. The number of halogens is 2. The molecule has 0 saturated carbocycles. The van der Waals surface area contributed by atoms with Gasteiger partial charge in [0.1, 0.15) is 0 Å². The first kappa shape index (κ1) is 28.4. The van der Waals surface area contributed by atoms with Crippen molar-refractivity contribution in [3.63, 3.8) is 0 Å². The topological polar surface area (TPSA) is 0 Å². The van der Waals surface area contributed by atoms with Gasteiger partial charge < -0.3 is 24.8 Å². The molecule has 2 aromatic carbocycles. The Kier molecular flexibility index (Phi) is 7.75. The van der Waals surface area contributed by atoms with E-state index in [2.05, 4.69) is 108 Å². The molecule has 1 spiro atoms. The molecular formula is C29H38Cl2Si2Zr. The summed E-state index contributed by atoms with van der Waals surface area (Å²) in [6.07, 6.45) is 2.84. The number of benzene rings is 2. The summed E-state index contributed by atoms with van der Waals surface area (Å²) in [5.74, 6) is 0. The molecule has 5 rings (SSSR count). The second kappa shape index (κ2) is 9.28. The first-order chi connectivity index (χ1) is 14.8. The molecule has 180 valence electrons. The van der Waals surface area contributed by atoms with E-state index in [0.29, 0.717) is 3.12 Å². The van der Waals surface area contributed by atoms with Gasteiger partial charge in [-0.15, -0.1) is 0 Å². The van der Waals surface area contributed by atoms with Crippen LogP contribution in [-0.4, -0.2) is 16.1 Å². The smallest absolute Gasteiger partial charge is 1.00 e. The van der Waals surface area contributed by atoms with Gasteiger partial charge in [-0.25, -0.2) is 0 Å². The minimum absolute atomic E-state index is 0. The number of fused-ring (bicyclic) bond motifs is 5. The molecule has 1 saturated heterocycles. The van der Waals surface area contributed by atoms with E-state index in [1.807, 2.05) is 5.57 Å². The summed E-state index contributed by atoms with van der Waals surface area (Å²) in [4.78, 5) is 0. The van der Waals surface area contributed by atoms with Crippen molar-refractivity contribution >= 4 is 27.3 Å². The number of rotatable bonds is 4. The third-order valence-electron chi connectivity index (χ3n) is 7.76. The fraction of sp³-hybridized carbons (Fsp3) is 0.448. The summed E-state index contributed by atoms with van der Waals surface area (Å²) in [5.41, 5.74) is 12.0. The zero-order valence-electron chi connectivity index (χ0n) is 21.9. The van der Waals surface area contributed by atoms with Crippen molar-refractivity contribution in [3.8, 4) is 0 Å². The minimum atomic E-state index is -1.23. The van der Waals surface area contributed by atoms with E-state index < -0.39 is 39.4 Å². The zero-order valence-corrected chi connectivity index (χ0v) is 27.9. The summed E-state index contributed by atoms with van der Waals surface area (Å²) >= 11 is -0.830. The van der Waals surface area contributed by atoms with E-state index in [1.54, 1.807) is 33.4 Å². The van der Waals surface area contributed by atoms with Crippen molar-refractivity contribution in [1.82, 2.24) is 0 Å². The average molecular weight is 605 g/mol. The maximum Gasteiger partial charge on any atom is -1.00 e. The third kappa shape index (κ3) is 4.41. The second-order valence-electron chi connectivity index (χ2n) is 13.2. The maximum atomic E-state index is 2.84. The minimum Gasteiger partial charge on any atom is -1.00 e. The van der Waals surface area contributed by atoms with Crippen LogP contribution in [0, 0.1) is 5.41 Å². The van der Waals surface area contributed by atoms with Gasteiger partial charge in [0.2, 0.25) is 0 Å². The summed E-state index contributed by atoms with van der Waals surface area (Å²) in [7, 11) is -2.42. The standard InChI is InChI=1S/C29H38Si2.2ClH.Zr/c1-29(2,27-18-22(19-30(3,4)5)24-15-11-12-16-25(24)27)28-17-21-13-9-10-14-23(21)26(28)20-31(6,7)8;;;/h9-18H,19-20H2,1-8H3;2*1H;/q;;;+2/p-2. The van der Waals surface area contributed by atoms with Crippen LogP contribution in [-0.2, 0) is 26.4 Å². The van der Waals surface area contributed by atoms with Crippen molar-refractivity contribution in [1.29, 1.82) is 0 Å². The quantitative estimate of drug-likeness (QED) is 0.471. The first-order valence-electron chi connectivity index (χ1n) is 12.3. The Morgan fingerprint density at radius 2 is 1.32 bits per heavy atom. The van der Waals surface area contributed by atoms with Gasteiger partial charge in [0.05, 0.1) is 0 Å². The molecule has 0 bridgehead atoms. The molecule has 1 aliphatic heterocycles. The molecule has 2 aliphatic carbocycles. The van der Waals surface area contributed by atoms with E-state index >= 15 is 0 Å². The number of hydrogen-bond acceptors (Lipinski definition) is 0. The zero-order chi connectivity index (χ0) is 23.1. The van der Waals surface area contributed by atoms with Crippen LogP contribution in [0.25, 0.3) is 11.1 Å². The normalized spacial score (nSPS) is 23.8. The Morgan fingerprint density at radius 3 is 1.94 bits per heavy atom. The van der Waals surface area contributed by atoms with E-state index in [0.717, 1.165) is 3.63 Å². The van der Waals surface area contributed by atoms with Crippen LogP contribution in [0.5, 0.6) is 0 Å². The first-order valence-corrected chi connectivity index (χ1v) is 22.3.